The second-order valence-corrected chi connectivity index (χ2v) is 17.0. The molecule has 0 aliphatic heterocycles. The van der Waals surface area contributed by atoms with Crippen molar-refractivity contribution in [1.82, 2.24) is 5.32 Å². The summed E-state index contributed by atoms with van der Waals surface area (Å²) in [6, 6.07) is -0.721. The zero-order valence-corrected chi connectivity index (χ0v) is 39.8. The minimum atomic E-state index is -0.804. The average molecular weight is 850 g/mol. The second-order valence-electron chi connectivity index (χ2n) is 17.0. The first-order chi connectivity index (χ1) is 30.0. The van der Waals surface area contributed by atoms with Gasteiger partial charge in [0.15, 0.2) is 0 Å². The molecule has 0 aromatic carbocycles. The zero-order chi connectivity index (χ0) is 44.5. The number of amides is 1. The maximum absolute atomic E-state index is 13.2. The lowest BCUT2D eigenvalue weighted by Crippen LogP contribution is -2.46. The normalized spacial score (nSPS) is 14.0. The second kappa shape index (κ2) is 48.1. The van der Waals surface area contributed by atoms with E-state index < -0.39 is 18.2 Å². The van der Waals surface area contributed by atoms with Crippen molar-refractivity contribution < 1.29 is 24.5 Å². The van der Waals surface area contributed by atoms with Crippen LogP contribution in [0, 0.1) is 0 Å². The minimum absolute atomic E-state index is 0.0423. The van der Waals surface area contributed by atoms with Crippen LogP contribution >= 0.6 is 0 Å². The molecule has 6 nitrogen and oxygen atoms in total. The Hall–Kier alpha value is -2.96. The quantitative estimate of drug-likeness (QED) is 0.0246. The third-order valence-corrected chi connectivity index (χ3v) is 11.1. The standard InChI is InChI=1S/C55H95NO5/c1-4-7-10-13-16-19-22-25-27-28-29-31-34-37-40-43-46-51(61-55(60)48-45-42-39-36-33-30-26-23-20-17-14-11-8-5-2)49-54(59)56-52(50-57)53(58)47-44-41-38-35-32-24-21-18-15-12-9-6-3/h8,10-11,13,16-17,19-20,22,25,27-29,31,51-53,57-58H,4-7,9,12,14-15,18,21,23-24,26,30,32-50H2,1-3H3,(H,56,59)/b11-8+,13-10+,19-16+,20-17+,25-22+,28-27+,31-29+. The summed E-state index contributed by atoms with van der Waals surface area (Å²) in [5, 5.41) is 23.7. The lowest BCUT2D eigenvalue weighted by atomic mass is 10.0. The van der Waals surface area contributed by atoms with E-state index in [1.165, 1.54) is 89.9 Å². The summed E-state index contributed by atoms with van der Waals surface area (Å²) >= 11 is 0. The minimum Gasteiger partial charge on any atom is -0.462 e. The Balaban J connectivity index is 4.72. The maximum atomic E-state index is 13.2. The summed E-state index contributed by atoms with van der Waals surface area (Å²) in [5.74, 6) is -0.530. The highest BCUT2D eigenvalue weighted by Crippen LogP contribution is 2.17. The first kappa shape index (κ1) is 58.0. The fourth-order valence-electron chi connectivity index (χ4n) is 7.26. The van der Waals surface area contributed by atoms with Gasteiger partial charge in [-0.05, 0) is 70.6 Å². The molecular formula is C55H95NO5. The first-order valence-electron chi connectivity index (χ1n) is 25.4. The number of allylic oxidation sites excluding steroid dienone is 14. The molecule has 0 aromatic rings. The van der Waals surface area contributed by atoms with Crippen molar-refractivity contribution in [3.05, 3.63) is 85.1 Å². The molecule has 0 rings (SSSR count). The van der Waals surface area contributed by atoms with Gasteiger partial charge < -0.3 is 20.3 Å². The monoisotopic (exact) mass is 850 g/mol. The zero-order valence-electron chi connectivity index (χ0n) is 39.8. The van der Waals surface area contributed by atoms with Crippen LogP contribution < -0.4 is 5.32 Å². The highest BCUT2D eigenvalue weighted by Gasteiger charge is 2.24. The average Bonchev–Trinajstić information content (AvgIpc) is 3.25. The van der Waals surface area contributed by atoms with Crippen LogP contribution in [0.25, 0.3) is 0 Å². The van der Waals surface area contributed by atoms with E-state index in [9.17, 15) is 19.8 Å². The Morgan fingerprint density at radius 3 is 1.56 bits per heavy atom. The number of ether oxygens (including phenoxy) is 1. The third-order valence-electron chi connectivity index (χ3n) is 11.1. The molecule has 0 radical (unpaired) electrons. The van der Waals surface area contributed by atoms with Gasteiger partial charge in [-0.2, -0.15) is 0 Å². The predicted octanol–water partition coefficient (Wildman–Crippen LogP) is 15.2. The summed E-state index contributed by atoms with van der Waals surface area (Å²) in [4.78, 5) is 26.1. The lowest BCUT2D eigenvalue weighted by molar-refractivity contribution is -0.151. The number of carbonyl (C=O) groups is 2. The number of carbonyl (C=O) groups excluding carboxylic acids is 2. The van der Waals surface area contributed by atoms with E-state index in [4.69, 9.17) is 4.74 Å². The molecule has 3 unspecified atom stereocenters. The van der Waals surface area contributed by atoms with E-state index >= 15 is 0 Å². The van der Waals surface area contributed by atoms with Crippen LogP contribution in [0.3, 0.4) is 0 Å². The van der Waals surface area contributed by atoms with Crippen molar-refractivity contribution >= 4 is 11.9 Å². The Morgan fingerprint density at radius 1 is 0.508 bits per heavy atom. The van der Waals surface area contributed by atoms with E-state index in [0.29, 0.717) is 19.3 Å². The molecule has 3 atom stereocenters. The van der Waals surface area contributed by atoms with Crippen LogP contribution in [0.15, 0.2) is 85.1 Å². The van der Waals surface area contributed by atoms with E-state index in [2.05, 4.69) is 74.7 Å². The van der Waals surface area contributed by atoms with Gasteiger partial charge in [-0.3, -0.25) is 9.59 Å². The third kappa shape index (κ3) is 43.5. The van der Waals surface area contributed by atoms with Gasteiger partial charge in [-0.25, -0.2) is 0 Å². The molecule has 6 heteroatoms. The summed E-state index contributed by atoms with van der Waals surface area (Å²) in [6.07, 6.45) is 62.0. The molecule has 350 valence electrons. The highest BCUT2D eigenvalue weighted by atomic mass is 16.5. The van der Waals surface area contributed by atoms with Crippen molar-refractivity contribution in [2.75, 3.05) is 6.61 Å². The fraction of sp³-hybridized carbons (Fsp3) is 0.709. The number of hydrogen-bond donors (Lipinski definition) is 3. The molecule has 0 saturated heterocycles. The Morgan fingerprint density at radius 2 is 0.984 bits per heavy atom. The summed E-state index contributed by atoms with van der Waals surface area (Å²) < 4.78 is 5.91. The van der Waals surface area contributed by atoms with Crippen molar-refractivity contribution in [2.45, 2.75) is 244 Å². The maximum Gasteiger partial charge on any atom is 0.306 e. The molecule has 0 saturated carbocycles. The van der Waals surface area contributed by atoms with Gasteiger partial charge in [-0.1, -0.05) is 228 Å². The smallest absolute Gasteiger partial charge is 0.306 e. The largest absolute Gasteiger partial charge is 0.462 e. The number of nitrogens with one attached hydrogen (secondary N) is 1. The molecule has 0 aliphatic carbocycles. The van der Waals surface area contributed by atoms with Gasteiger partial charge in [0.1, 0.15) is 6.10 Å². The Bertz CT molecular complexity index is 1180. The van der Waals surface area contributed by atoms with Gasteiger partial charge in [0.25, 0.3) is 0 Å². The number of aliphatic hydroxyl groups excluding tert-OH is 2. The number of hydrogen-bond acceptors (Lipinski definition) is 5. The van der Waals surface area contributed by atoms with Crippen molar-refractivity contribution in [3.8, 4) is 0 Å². The van der Waals surface area contributed by atoms with E-state index in [0.717, 1.165) is 89.9 Å². The number of esters is 1. The van der Waals surface area contributed by atoms with Crippen molar-refractivity contribution in [2.24, 2.45) is 0 Å². The van der Waals surface area contributed by atoms with Gasteiger partial charge in [-0.15, -0.1) is 0 Å². The SMILES string of the molecule is CC/C=C/C/C=C/CCCCCCCCCC(=O)OC(CCCCC/C=C/C=C/C=C/C=C/C=C/CCC)CC(=O)NC(CO)C(O)CCCCCCCCCCCCCC. The molecule has 0 heterocycles. The predicted molar refractivity (Wildman–Crippen MR) is 264 cm³/mol. The molecular weight excluding hydrogens is 755 g/mol. The van der Waals surface area contributed by atoms with Crippen molar-refractivity contribution in [3.63, 3.8) is 0 Å². The molecule has 0 aliphatic rings. The van der Waals surface area contributed by atoms with Crippen LogP contribution in [0.2, 0.25) is 0 Å². The molecule has 61 heavy (non-hydrogen) atoms. The Labute approximate surface area is 376 Å². The highest BCUT2D eigenvalue weighted by molar-refractivity contribution is 5.77. The molecule has 0 fully saturated rings. The Kier molecular flexibility index (Phi) is 45.7. The molecule has 1 amide bonds. The molecule has 0 bridgehead atoms. The van der Waals surface area contributed by atoms with Crippen LogP contribution in [0.4, 0.5) is 0 Å². The molecule has 0 aromatic heterocycles. The van der Waals surface area contributed by atoms with Gasteiger partial charge in [0.2, 0.25) is 5.91 Å². The van der Waals surface area contributed by atoms with E-state index in [-0.39, 0.29) is 24.9 Å². The first-order valence-corrected chi connectivity index (χ1v) is 25.4. The number of aliphatic hydroxyl groups is 2. The van der Waals surface area contributed by atoms with Crippen LogP contribution in [0.1, 0.15) is 226 Å². The summed E-state index contributed by atoms with van der Waals surface area (Å²) in [6.45, 7) is 6.27. The lowest BCUT2D eigenvalue weighted by Gasteiger charge is -2.24. The van der Waals surface area contributed by atoms with Crippen LogP contribution in [-0.2, 0) is 14.3 Å². The summed E-state index contributed by atoms with van der Waals surface area (Å²) in [7, 11) is 0. The van der Waals surface area contributed by atoms with Crippen molar-refractivity contribution in [1.29, 1.82) is 0 Å². The fourth-order valence-corrected chi connectivity index (χ4v) is 7.26. The van der Waals surface area contributed by atoms with E-state index in [1.807, 2.05) is 36.5 Å². The number of unbranched alkanes of at least 4 members (excludes halogenated alkanes) is 22. The number of rotatable bonds is 44. The molecule has 3 N–H and O–H groups in total. The van der Waals surface area contributed by atoms with Crippen LogP contribution in [0.5, 0.6) is 0 Å². The van der Waals surface area contributed by atoms with Gasteiger partial charge in [0.05, 0.1) is 25.2 Å². The molecule has 0 spiro atoms. The topological polar surface area (TPSA) is 95.9 Å². The summed E-state index contributed by atoms with van der Waals surface area (Å²) in [5.41, 5.74) is 0. The van der Waals surface area contributed by atoms with Crippen LogP contribution in [-0.4, -0.2) is 46.9 Å². The van der Waals surface area contributed by atoms with Gasteiger partial charge in [0, 0.05) is 6.42 Å². The van der Waals surface area contributed by atoms with E-state index in [1.54, 1.807) is 0 Å². The van der Waals surface area contributed by atoms with Gasteiger partial charge >= 0.3 is 5.97 Å².